The maximum absolute atomic E-state index is 13.7. The summed E-state index contributed by atoms with van der Waals surface area (Å²) in [5.41, 5.74) is -0.726. The summed E-state index contributed by atoms with van der Waals surface area (Å²) in [6, 6.07) is 2.65. The van der Waals surface area contributed by atoms with Gasteiger partial charge in [-0.2, -0.15) is 18.2 Å². The number of morpholine rings is 1. The molecule has 0 atom stereocenters. The molecule has 1 aliphatic rings. The number of nitrogens with one attached hydrogen (secondary N) is 2. The average molecular weight is 504 g/mol. The monoisotopic (exact) mass is 505 g/mol. The van der Waals surface area contributed by atoms with Gasteiger partial charge in [0, 0.05) is 18.8 Å². The highest BCUT2D eigenvalue weighted by Gasteiger charge is 2.58. The number of hydrogen-bond donors (Lipinski definition) is 2. The molecule has 8 nitrogen and oxygen atoms in total. The molecule has 0 saturated carbocycles. The Labute approximate surface area is 228 Å². The molecule has 1 aliphatic heterocycles. The van der Waals surface area contributed by atoms with Crippen LogP contribution in [0.4, 0.5) is 30.6 Å². The number of ether oxygens (including phenoxy) is 2. The van der Waals surface area contributed by atoms with Gasteiger partial charge < -0.3 is 25.0 Å². The number of alkyl halides is 3. The summed E-state index contributed by atoms with van der Waals surface area (Å²) in [5, 5.41) is -4.94. The molecular formula is C19H14B8F3N5O3. The first kappa shape index (κ1) is 30.0. The lowest BCUT2D eigenvalue weighted by atomic mass is 9.30. The lowest BCUT2D eigenvalue weighted by Gasteiger charge is -2.70. The van der Waals surface area contributed by atoms with Crippen LogP contribution < -0.4 is 15.4 Å². The summed E-state index contributed by atoms with van der Waals surface area (Å²) in [6.45, 7) is 1.50. The average Bonchev–Trinajstić information content (AvgIpc) is 2.76. The van der Waals surface area contributed by atoms with Crippen LogP contribution >= 0.6 is 0 Å². The van der Waals surface area contributed by atoms with Crippen molar-refractivity contribution in [2.24, 2.45) is 0 Å². The predicted molar refractivity (Wildman–Crippen MR) is 142 cm³/mol. The normalized spacial score (nSPS) is 19.4. The molecule has 2 N–H and O–H groups in total. The van der Waals surface area contributed by atoms with Crippen LogP contribution in [0.2, 0.25) is 0 Å². The molecule has 2 aromatic rings. The van der Waals surface area contributed by atoms with E-state index in [1.54, 1.807) is 0 Å². The van der Waals surface area contributed by atoms with E-state index in [2.05, 4.69) is 20.6 Å². The van der Waals surface area contributed by atoms with Crippen LogP contribution in [-0.4, -0.2) is 119 Å². The van der Waals surface area contributed by atoms with Crippen LogP contribution in [0.5, 0.6) is 5.75 Å². The Hall–Kier alpha value is -2.56. The van der Waals surface area contributed by atoms with Crippen molar-refractivity contribution in [3.05, 3.63) is 35.0 Å². The second-order valence-electron chi connectivity index (χ2n) is 8.68. The van der Waals surface area contributed by atoms with Crippen LogP contribution in [0.3, 0.4) is 0 Å². The summed E-state index contributed by atoms with van der Waals surface area (Å²) in [5.74, 6) is -1.65. The minimum absolute atomic E-state index is 0.0273. The quantitative estimate of drug-likeness (QED) is 0.508. The van der Waals surface area contributed by atoms with Gasteiger partial charge in [-0.05, 0) is 46.1 Å². The zero-order chi connectivity index (χ0) is 29.1. The molecule has 178 valence electrons. The van der Waals surface area contributed by atoms with Crippen LogP contribution in [0.25, 0.3) is 0 Å². The standard InChI is InChI=1S/C19H14B8F3N5O3/c1-7-4-10(33-14-32-6-9(15(28,29)30)12(31-2)34-14)11(37-3)5-8(7)13(36)35-16(20,21)18(24,25)38-19(26,27)17(35,22)23/h4-6H,1-3H3,(H2,31,32,33,34). The van der Waals surface area contributed by atoms with E-state index < -0.39 is 44.9 Å². The number of hydrogen-bond acceptors (Lipinski definition) is 7. The van der Waals surface area contributed by atoms with Crippen molar-refractivity contribution in [3.8, 4) is 5.75 Å². The molecule has 38 heavy (non-hydrogen) atoms. The minimum atomic E-state index is -4.68. The van der Waals surface area contributed by atoms with E-state index in [9.17, 15) is 18.0 Å². The topological polar surface area (TPSA) is 88.6 Å². The van der Waals surface area contributed by atoms with Gasteiger partial charge in [-0.1, -0.05) is 0 Å². The Bertz CT molecular complexity index is 1240. The number of amides is 1. The molecule has 19 heteroatoms. The number of rotatable bonds is 5. The number of nitrogens with zero attached hydrogens (tertiary/aromatic N) is 3. The van der Waals surface area contributed by atoms with Crippen molar-refractivity contribution < 1.29 is 27.4 Å². The first-order valence-electron chi connectivity index (χ1n) is 10.6. The number of benzene rings is 1. The Morgan fingerprint density at radius 2 is 1.61 bits per heavy atom. The molecule has 1 aromatic carbocycles. The molecular weight excluding hydrogens is 490 g/mol. The van der Waals surface area contributed by atoms with Gasteiger partial charge in [0.1, 0.15) is 48.5 Å². The second kappa shape index (κ2) is 9.57. The zero-order valence-electron chi connectivity index (χ0n) is 20.6. The highest BCUT2D eigenvalue weighted by atomic mass is 19.4. The maximum atomic E-state index is 13.7. The number of anilines is 3. The molecule has 0 aliphatic carbocycles. The van der Waals surface area contributed by atoms with Crippen molar-refractivity contribution >= 4 is 86.1 Å². The molecule has 1 saturated heterocycles. The van der Waals surface area contributed by atoms with Crippen LogP contribution in [-0.2, 0) is 10.9 Å². The first-order valence-corrected chi connectivity index (χ1v) is 10.6. The van der Waals surface area contributed by atoms with Crippen molar-refractivity contribution in [2.45, 2.75) is 34.6 Å². The van der Waals surface area contributed by atoms with Crippen molar-refractivity contribution in [1.82, 2.24) is 14.9 Å². The third-order valence-corrected chi connectivity index (χ3v) is 5.89. The van der Waals surface area contributed by atoms with Crippen molar-refractivity contribution in [2.75, 3.05) is 24.8 Å². The second-order valence-corrected chi connectivity index (χ2v) is 8.68. The number of carbonyl (C=O) groups excluding carboxylic acids is 1. The largest absolute Gasteiger partial charge is 0.495 e. The maximum Gasteiger partial charge on any atom is 0.421 e. The summed E-state index contributed by atoms with van der Waals surface area (Å²) < 4.78 is 50.0. The van der Waals surface area contributed by atoms with E-state index in [-0.39, 0.29) is 28.5 Å². The first-order chi connectivity index (χ1) is 17.2. The van der Waals surface area contributed by atoms with Crippen molar-refractivity contribution in [3.63, 3.8) is 0 Å². The van der Waals surface area contributed by atoms with Gasteiger partial charge in [-0.15, -0.1) is 0 Å². The van der Waals surface area contributed by atoms with Gasteiger partial charge in [-0.3, -0.25) is 4.79 Å². The summed E-state index contributed by atoms with van der Waals surface area (Å²) >= 11 is 0. The van der Waals surface area contributed by atoms with E-state index in [1.807, 2.05) is 0 Å². The molecule has 0 spiro atoms. The summed E-state index contributed by atoms with van der Waals surface area (Å²) in [6.07, 6.45) is -4.07. The fraction of sp³-hybridized carbons (Fsp3) is 0.421. The van der Waals surface area contributed by atoms with Gasteiger partial charge in [0.05, 0.1) is 44.2 Å². The number of aromatic nitrogens is 2. The van der Waals surface area contributed by atoms with E-state index in [1.165, 1.54) is 33.2 Å². The number of halogens is 3. The van der Waals surface area contributed by atoms with Gasteiger partial charge in [-0.25, -0.2) is 4.98 Å². The molecule has 16 radical (unpaired) electrons. The number of methoxy groups -OCH3 is 1. The highest BCUT2D eigenvalue weighted by Crippen LogP contribution is 2.42. The lowest BCUT2D eigenvalue weighted by molar-refractivity contribution is -0.137. The molecule has 0 bridgehead atoms. The predicted octanol–water partition coefficient (Wildman–Crippen LogP) is -0.967. The van der Waals surface area contributed by atoms with Crippen molar-refractivity contribution in [1.29, 1.82) is 0 Å². The third kappa shape index (κ3) is 4.94. The third-order valence-electron chi connectivity index (χ3n) is 5.89. The minimum Gasteiger partial charge on any atom is -0.495 e. The van der Waals surface area contributed by atoms with Crippen LogP contribution in [0, 0.1) is 6.92 Å². The summed E-state index contributed by atoms with van der Waals surface area (Å²) in [4.78, 5) is 21.7. The van der Waals surface area contributed by atoms with Crippen LogP contribution in [0.1, 0.15) is 21.5 Å². The smallest absolute Gasteiger partial charge is 0.421 e. The van der Waals surface area contributed by atoms with E-state index >= 15 is 0 Å². The lowest BCUT2D eigenvalue weighted by Crippen LogP contribution is -2.86. The SMILES string of the molecule is [B]C1([B])OC([B])([B])C([B])([B])N(C(=O)c2cc(OC)c(Nc3ncc(C(F)(F)F)c(NC)n3)cc2C)C1([B])[B]. The van der Waals surface area contributed by atoms with Gasteiger partial charge in [0.15, 0.2) is 0 Å². The fourth-order valence-electron chi connectivity index (χ4n) is 3.70. The molecule has 1 amide bonds. The van der Waals surface area contributed by atoms with Crippen LogP contribution in [0.15, 0.2) is 18.3 Å². The zero-order valence-corrected chi connectivity index (χ0v) is 20.6. The fourth-order valence-corrected chi connectivity index (χ4v) is 3.70. The highest BCUT2D eigenvalue weighted by molar-refractivity contribution is 6.60. The molecule has 3 rings (SSSR count). The Kier molecular flexibility index (Phi) is 7.55. The molecule has 0 unspecified atom stereocenters. The van der Waals surface area contributed by atoms with Gasteiger partial charge in [0.25, 0.3) is 5.91 Å². The molecule has 1 fully saturated rings. The Morgan fingerprint density at radius 3 is 2.08 bits per heavy atom. The molecule has 1 aromatic heterocycles. The number of aryl methyl sites for hydroxylation is 1. The Balaban J connectivity index is 2.06. The Morgan fingerprint density at radius 1 is 1.05 bits per heavy atom. The van der Waals surface area contributed by atoms with Gasteiger partial charge >= 0.3 is 6.18 Å². The van der Waals surface area contributed by atoms with E-state index in [4.69, 9.17) is 72.2 Å². The summed E-state index contributed by atoms with van der Waals surface area (Å²) in [7, 11) is 50.1. The van der Waals surface area contributed by atoms with Gasteiger partial charge in [0.2, 0.25) is 5.95 Å². The van der Waals surface area contributed by atoms with E-state index in [0.717, 1.165) is 0 Å². The molecule has 2 heterocycles. The number of carbonyl (C=O) groups is 1. The van der Waals surface area contributed by atoms with E-state index in [0.29, 0.717) is 11.1 Å².